The second kappa shape index (κ2) is 5.78. The Labute approximate surface area is 109 Å². The third-order valence-corrected chi connectivity index (χ3v) is 3.69. The van der Waals surface area contributed by atoms with Crippen LogP contribution in [0.4, 0.5) is 0 Å². The molecule has 1 fully saturated rings. The largest absolute Gasteiger partial charge is 0.393 e. The maximum Gasteiger partial charge on any atom is 0.234 e. The molecule has 1 aliphatic rings. The van der Waals surface area contributed by atoms with Crippen LogP contribution in [0.1, 0.15) is 33.1 Å². The first-order valence-electron chi connectivity index (χ1n) is 6.09. The van der Waals surface area contributed by atoms with Crippen LogP contribution in [0, 0.1) is 5.41 Å². The number of rotatable bonds is 7. The second-order valence-corrected chi connectivity index (χ2v) is 6.02. The van der Waals surface area contributed by atoms with E-state index in [4.69, 9.17) is 18.0 Å². The number of hydrogen-bond donors (Lipinski definition) is 2. The molecule has 0 aliphatic heterocycles. The van der Waals surface area contributed by atoms with Gasteiger partial charge in [-0.1, -0.05) is 26.1 Å². The maximum absolute atomic E-state index is 11.6. The highest BCUT2D eigenvalue weighted by atomic mass is 32.1. The van der Waals surface area contributed by atoms with Gasteiger partial charge in [-0.25, -0.2) is 0 Å². The Morgan fingerprint density at radius 1 is 1.53 bits per heavy atom. The summed E-state index contributed by atoms with van der Waals surface area (Å²) < 4.78 is 0. The summed E-state index contributed by atoms with van der Waals surface area (Å²) in [5.41, 5.74) is 5.52. The summed E-state index contributed by atoms with van der Waals surface area (Å²) in [6.07, 6.45) is 3.13. The van der Waals surface area contributed by atoms with Gasteiger partial charge in [-0.2, -0.15) is 0 Å². The molecule has 0 radical (unpaired) electrons. The van der Waals surface area contributed by atoms with E-state index < -0.39 is 0 Å². The molecule has 0 bridgehead atoms. The van der Waals surface area contributed by atoms with E-state index in [9.17, 15) is 4.79 Å². The zero-order valence-electron chi connectivity index (χ0n) is 11.0. The van der Waals surface area contributed by atoms with E-state index in [1.54, 1.807) is 0 Å². The zero-order valence-corrected chi connectivity index (χ0v) is 11.8. The highest BCUT2D eigenvalue weighted by Gasteiger charge is 2.24. The average molecular weight is 257 g/mol. The number of nitrogens with zero attached hydrogens (tertiary/aromatic N) is 1. The Bertz CT molecular complexity index is 300. The Kier molecular flexibility index (Phi) is 4.89. The van der Waals surface area contributed by atoms with Crippen LogP contribution in [-0.2, 0) is 4.79 Å². The number of carbonyl (C=O) groups excluding carboxylic acids is 1. The van der Waals surface area contributed by atoms with Gasteiger partial charge in [0, 0.05) is 11.5 Å². The Balaban J connectivity index is 2.21. The Morgan fingerprint density at radius 2 is 2.12 bits per heavy atom. The first kappa shape index (κ1) is 14.4. The van der Waals surface area contributed by atoms with Crippen molar-refractivity contribution in [1.29, 1.82) is 0 Å². The lowest BCUT2D eigenvalue weighted by Gasteiger charge is -2.26. The smallest absolute Gasteiger partial charge is 0.234 e. The third-order valence-electron chi connectivity index (χ3n) is 3.14. The molecule has 1 rings (SSSR count). The van der Waals surface area contributed by atoms with E-state index in [1.807, 2.05) is 25.8 Å². The zero-order chi connectivity index (χ0) is 13.1. The standard InChI is InChI=1S/C12H23N3OS/c1-12(2,11(13)17)6-7-15(3)8-10(16)14-9-4-5-9/h9H,4-8H2,1-3H3,(H2,13,17)(H,14,16). The highest BCUT2D eigenvalue weighted by Crippen LogP contribution is 2.21. The lowest BCUT2D eigenvalue weighted by atomic mass is 9.89. The predicted molar refractivity (Wildman–Crippen MR) is 73.8 cm³/mol. The Hall–Kier alpha value is -0.680. The van der Waals surface area contributed by atoms with Gasteiger partial charge < -0.3 is 11.1 Å². The molecular formula is C12H23N3OS. The Morgan fingerprint density at radius 3 is 2.59 bits per heavy atom. The number of nitrogens with one attached hydrogen (secondary N) is 1. The topological polar surface area (TPSA) is 58.4 Å². The van der Waals surface area contributed by atoms with Gasteiger partial charge >= 0.3 is 0 Å². The molecule has 4 nitrogen and oxygen atoms in total. The summed E-state index contributed by atoms with van der Waals surface area (Å²) in [5, 5.41) is 2.97. The number of nitrogens with two attached hydrogens (primary N) is 1. The molecule has 0 unspecified atom stereocenters. The maximum atomic E-state index is 11.6. The van der Waals surface area contributed by atoms with Crippen LogP contribution in [0.25, 0.3) is 0 Å². The lowest BCUT2D eigenvalue weighted by Crippen LogP contribution is -2.39. The molecule has 98 valence electrons. The van der Waals surface area contributed by atoms with Gasteiger partial charge in [-0.05, 0) is 32.9 Å². The van der Waals surface area contributed by atoms with E-state index in [-0.39, 0.29) is 11.3 Å². The molecule has 5 heteroatoms. The molecule has 17 heavy (non-hydrogen) atoms. The second-order valence-electron chi connectivity index (χ2n) is 5.58. The van der Waals surface area contributed by atoms with Gasteiger partial charge in [0.2, 0.25) is 5.91 Å². The van der Waals surface area contributed by atoms with E-state index >= 15 is 0 Å². The summed E-state index contributed by atoms with van der Waals surface area (Å²) in [5.74, 6) is 0.114. The first-order valence-corrected chi connectivity index (χ1v) is 6.50. The van der Waals surface area contributed by atoms with Crippen molar-refractivity contribution in [3.05, 3.63) is 0 Å². The van der Waals surface area contributed by atoms with E-state index in [0.717, 1.165) is 25.8 Å². The summed E-state index contributed by atoms with van der Waals surface area (Å²) >= 11 is 5.02. The minimum Gasteiger partial charge on any atom is -0.393 e. The molecule has 0 saturated heterocycles. The molecular weight excluding hydrogens is 234 g/mol. The van der Waals surface area contributed by atoms with Crippen molar-refractivity contribution in [3.63, 3.8) is 0 Å². The van der Waals surface area contributed by atoms with Crippen molar-refractivity contribution < 1.29 is 4.79 Å². The molecule has 0 spiro atoms. The summed E-state index contributed by atoms with van der Waals surface area (Å²) in [6.45, 7) is 5.34. The van der Waals surface area contributed by atoms with Gasteiger partial charge in [-0.15, -0.1) is 0 Å². The predicted octanol–water partition coefficient (Wildman–Crippen LogP) is 0.899. The summed E-state index contributed by atoms with van der Waals surface area (Å²) in [4.78, 5) is 14.1. The average Bonchev–Trinajstić information content (AvgIpc) is 2.98. The summed E-state index contributed by atoms with van der Waals surface area (Å²) in [7, 11) is 1.95. The SMILES string of the molecule is CN(CCC(C)(C)C(N)=S)CC(=O)NC1CC1. The normalized spacial score (nSPS) is 16.0. The van der Waals surface area contributed by atoms with Crippen molar-refractivity contribution in [2.75, 3.05) is 20.1 Å². The molecule has 3 N–H and O–H groups in total. The van der Waals surface area contributed by atoms with Crippen LogP contribution < -0.4 is 11.1 Å². The van der Waals surface area contributed by atoms with Crippen LogP contribution >= 0.6 is 12.2 Å². The molecule has 1 saturated carbocycles. The third kappa shape index (κ3) is 5.46. The van der Waals surface area contributed by atoms with Crippen LogP contribution in [0.3, 0.4) is 0 Å². The molecule has 0 atom stereocenters. The van der Waals surface area contributed by atoms with E-state index in [2.05, 4.69) is 5.32 Å². The van der Waals surface area contributed by atoms with Gasteiger partial charge in [0.1, 0.15) is 0 Å². The minimum absolute atomic E-state index is 0.114. The van der Waals surface area contributed by atoms with Gasteiger partial charge in [0.25, 0.3) is 0 Å². The molecule has 0 aromatic carbocycles. The van der Waals surface area contributed by atoms with Crippen LogP contribution in [0.15, 0.2) is 0 Å². The molecule has 1 aliphatic carbocycles. The van der Waals surface area contributed by atoms with Gasteiger partial charge in [0.05, 0.1) is 11.5 Å². The first-order chi connectivity index (χ1) is 7.81. The fourth-order valence-electron chi connectivity index (χ4n) is 1.42. The van der Waals surface area contributed by atoms with Crippen LogP contribution in [-0.4, -0.2) is 42.0 Å². The lowest BCUT2D eigenvalue weighted by molar-refractivity contribution is -0.122. The molecule has 0 aromatic rings. The van der Waals surface area contributed by atoms with Crippen molar-refractivity contribution in [1.82, 2.24) is 10.2 Å². The van der Waals surface area contributed by atoms with Gasteiger partial charge in [-0.3, -0.25) is 9.69 Å². The van der Waals surface area contributed by atoms with Crippen molar-refractivity contribution >= 4 is 23.1 Å². The van der Waals surface area contributed by atoms with Crippen molar-refractivity contribution in [2.24, 2.45) is 11.1 Å². The van der Waals surface area contributed by atoms with Crippen molar-refractivity contribution in [2.45, 2.75) is 39.2 Å². The quantitative estimate of drug-likeness (QED) is 0.665. The fraction of sp³-hybridized carbons (Fsp3) is 0.833. The van der Waals surface area contributed by atoms with E-state index in [1.165, 1.54) is 0 Å². The molecule has 0 aromatic heterocycles. The summed E-state index contributed by atoms with van der Waals surface area (Å²) in [6, 6.07) is 0.434. The van der Waals surface area contributed by atoms with Crippen molar-refractivity contribution in [3.8, 4) is 0 Å². The number of amides is 1. The molecule has 0 heterocycles. The van der Waals surface area contributed by atoms with Crippen LogP contribution in [0.2, 0.25) is 0 Å². The number of likely N-dealkylation sites (N-methyl/N-ethyl adjacent to an activating group) is 1. The van der Waals surface area contributed by atoms with E-state index in [0.29, 0.717) is 17.6 Å². The fourth-order valence-corrected chi connectivity index (χ4v) is 1.52. The van der Waals surface area contributed by atoms with Gasteiger partial charge in [0.15, 0.2) is 0 Å². The monoisotopic (exact) mass is 257 g/mol. The number of thiocarbonyl (C=S) groups is 1. The number of hydrogen-bond acceptors (Lipinski definition) is 3. The minimum atomic E-state index is -0.142. The number of carbonyl (C=O) groups is 1. The van der Waals surface area contributed by atoms with Crippen LogP contribution in [0.5, 0.6) is 0 Å². The highest BCUT2D eigenvalue weighted by molar-refractivity contribution is 7.80. The molecule has 1 amide bonds.